The van der Waals surface area contributed by atoms with Crippen LogP contribution in [-0.2, 0) is 14.3 Å². The average molecular weight is 242 g/mol. The second kappa shape index (κ2) is 5.49. The predicted octanol–water partition coefficient (Wildman–Crippen LogP) is 0.539. The molecule has 0 aromatic heterocycles. The molecule has 0 spiro atoms. The van der Waals surface area contributed by atoms with Crippen LogP contribution in [0, 0.1) is 0 Å². The van der Waals surface area contributed by atoms with Gasteiger partial charge in [-0.15, -0.1) is 0 Å². The van der Waals surface area contributed by atoms with E-state index in [1.54, 1.807) is 11.9 Å². The Kier molecular flexibility index (Phi) is 4.51. The number of amides is 1. The van der Waals surface area contributed by atoms with Crippen LogP contribution in [-0.4, -0.2) is 48.6 Å². The highest BCUT2D eigenvalue weighted by atomic mass is 16.6. The highest BCUT2D eigenvalue weighted by Crippen LogP contribution is 2.10. The Balaban J connectivity index is 2.20. The number of likely N-dealkylation sites (tertiary alicyclic amines) is 1. The normalized spacial score (nSPS) is 20.8. The molecule has 5 nitrogen and oxygen atoms in total. The van der Waals surface area contributed by atoms with Crippen molar-refractivity contribution in [3.8, 4) is 0 Å². The smallest absolute Gasteiger partial charge is 0.307 e. The second-order valence-electron chi connectivity index (χ2n) is 5.39. The molecule has 1 saturated heterocycles. The van der Waals surface area contributed by atoms with Crippen LogP contribution in [0.2, 0.25) is 0 Å². The summed E-state index contributed by atoms with van der Waals surface area (Å²) in [6, 6.07) is -0.137. The molecule has 0 aliphatic carbocycles. The summed E-state index contributed by atoms with van der Waals surface area (Å²) in [5.41, 5.74) is -0.444. The van der Waals surface area contributed by atoms with Crippen molar-refractivity contribution < 1.29 is 14.3 Å². The van der Waals surface area contributed by atoms with Crippen LogP contribution in [0.3, 0.4) is 0 Å². The summed E-state index contributed by atoms with van der Waals surface area (Å²) >= 11 is 0. The molecule has 1 heterocycles. The van der Waals surface area contributed by atoms with E-state index in [1.165, 1.54) is 0 Å². The zero-order chi connectivity index (χ0) is 13.1. The van der Waals surface area contributed by atoms with E-state index >= 15 is 0 Å². The van der Waals surface area contributed by atoms with Crippen molar-refractivity contribution in [2.45, 2.75) is 45.3 Å². The lowest BCUT2D eigenvalue weighted by Gasteiger charge is -2.19. The summed E-state index contributed by atoms with van der Waals surface area (Å²) in [5.74, 6) is -0.127. The van der Waals surface area contributed by atoms with E-state index in [9.17, 15) is 9.59 Å². The molecule has 98 valence electrons. The van der Waals surface area contributed by atoms with Gasteiger partial charge in [0.1, 0.15) is 5.60 Å². The van der Waals surface area contributed by atoms with Crippen LogP contribution in [0.25, 0.3) is 0 Å². The van der Waals surface area contributed by atoms with Gasteiger partial charge in [-0.2, -0.15) is 0 Å². The molecule has 17 heavy (non-hydrogen) atoms. The highest BCUT2D eigenvalue weighted by molar-refractivity contribution is 5.83. The molecule has 1 unspecified atom stereocenters. The maximum Gasteiger partial charge on any atom is 0.307 e. The molecule has 1 fully saturated rings. The van der Waals surface area contributed by atoms with Gasteiger partial charge in [0.25, 0.3) is 0 Å². The molecule has 1 amide bonds. The number of nitrogens with zero attached hydrogens (tertiary/aromatic N) is 1. The number of carbonyl (C=O) groups excluding carboxylic acids is 2. The molecule has 5 heteroatoms. The number of carbonyl (C=O) groups is 2. The fraction of sp³-hybridized carbons (Fsp3) is 0.833. The predicted molar refractivity (Wildman–Crippen MR) is 64.5 cm³/mol. The van der Waals surface area contributed by atoms with Crippen molar-refractivity contribution >= 4 is 11.9 Å². The van der Waals surface area contributed by atoms with Crippen LogP contribution in [0.1, 0.15) is 33.6 Å². The Labute approximate surface area is 102 Å². The molecule has 0 saturated carbocycles. The number of hydrogen-bond acceptors (Lipinski definition) is 4. The third-order valence-corrected chi connectivity index (χ3v) is 2.57. The van der Waals surface area contributed by atoms with Gasteiger partial charge in [0.2, 0.25) is 5.91 Å². The second-order valence-corrected chi connectivity index (χ2v) is 5.39. The number of rotatable bonds is 4. The third kappa shape index (κ3) is 4.73. The molecule has 1 aliphatic heterocycles. The molecule has 0 bridgehead atoms. The van der Waals surface area contributed by atoms with E-state index in [0.29, 0.717) is 13.0 Å². The zero-order valence-corrected chi connectivity index (χ0v) is 11.1. The van der Waals surface area contributed by atoms with Crippen molar-refractivity contribution in [3.05, 3.63) is 0 Å². The van der Waals surface area contributed by atoms with E-state index in [-0.39, 0.29) is 17.9 Å². The minimum atomic E-state index is -0.444. The van der Waals surface area contributed by atoms with Crippen molar-refractivity contribution in [2.75, 3.05) is 20.1 Å². The summed E-state index contributed by atoms with van der Waals surface area (Å²) in [6.07, 6.45) is 1.11. The largest absolute Gasteiger partial charge is 0.460 e. The first-order valence-corrected chi connectivity index (χ1v) is 6.00. The van der Waals surface area contributed by atoms with E-state index in [2.05, 4.69) is 5.32 Å². The van der Waals surface area contributed by atoms with Crippen molar-refractivity contribution in [1.82, 2.24) is 10.2 Å². The number of hydrogen-bond donors (Lipinski definition) is 1. The summed E-state index contributed by atoms with van der Waals surface area (Å²) in [5, 5.41) is 3.09. The zero-order valence-electron chi connectivity index (χ0n) is 11.1. The van der Waals surface area contributed by atoms with Crippen LogP contribution < -0.4 is 5.32 Å². The van der Waals surface area contributed by atoms with Gasteiger partial charge in [0.15, 0.2) is 0 Å². The molecule has 0 aromatic rings. The van der Waals surface area contributed by atoms with Gasteiger partial charge in [-0.05, 0) is 27.2 Å². The van der Waals surface area contributed by atoms with Gasteiger partial charge in [-0.25, -0.2) is 0 Å². The standard InChI is InChI=1S/C12H22N2O3/c1-12(2,3)17-10(15)5-7-13-9-6-8-14(4)11(9)16/h9,13H,5-8H2,1-4H3. The van der Waals surface area contributed by atoms with Gasteiger partial charge in [0, 0.05) is 20.1 Å². The van der Waals surface area contributed by atoms with Crippen LogP contribution in [0.15, 0.2) is 0 Å². The van der Waals surface area contributed by atoms with Crippen LogP contribution in [0.4, 0.5) is 0 Å². The maximum absolute atomic E-state index is 11.6. The summed E-state index contributed by atoms with van der Waals surface area (Å²) in [6.45, 7) is 6.79. The SMILES string of the molecule is CN1CCC(NCCC(=O)OC(C)(C)C)C1=O. The van der Waals surface area contributed by atoms with Gasteiger partial charge in [-0.1, -0.05) is 0 Å². The quantitative estimate of drug-likeness (QED) is 0.731. The lowest BCUT2D eigenvalue weighted by atomic mass is 10.2. The summed E-state index contributed by atoms with van der Waals surface area (Å²) in [4.78, 5) is 24.7. The van der Waals surface area contributed by atoms with Crippen molar-refractivity contribution in [2.24, 2.45) is 0 Å². The monoisotopic (exact) mass is 242 g/mol. The number of esters is 1. The third-order valence-electron chi connectivity index (χ3n) is 2.57. The number of likely N-dealkylation sites (N-methyl/N-ethyl adjacent to an activating group) is 1. The molecule has 1 atom stereocenters. The molecule has 1 aliphatic rings. The Morgan fingerprint density at radius 3 is 2.65 bits per heavy atom. The Bertz CT molecular complexity index is 297. The molecule has 1 N–H and O–H groups in total. The lowest BCUT2D eigenvalue weighted by Crippen LogP contribution is -2.38. The van der Waals surface area contributed by atoms with E-state index in [0.717, 1.165) is 13.0 Å². The Morgan fingerprint density at radius 2 is 2.18 bits per heavy atom. The molecular formula is C12H22N2O3. The fourth-order valence-electron chi connectivity index (χ4n) is 1.75. The van der Waals surface area contributed by atoms with E-state index < -0.39 is 5.60 Å². The highest BCUT2D eigenvalue weighted by Gasteiger charge is 2.28. The van der Waals surface area contributed by atoms with Crippen molar-refractivity contribution in [1.29, 1.82) is 0 Å². The summed E-state index contributed by atoms with van der Waals surface area (Å²) < 4.78 is 5.18. The average Bonchev–Trinajstić information content (AvgIpc) is 2.46. The van der Waals surface area contributed by atoms with E-state index in [1.807, 2.05) is 20.8 Å². The first-order chi connectivity index (χ1) is 7.79. The van der Waals surface area contributed by atoms with Gasteiger partial charge >= 0.3 is 5.97 Å². The maximum atomic E-state index is 11.6. The van der Waals surface area contributed by atoms with E-state index in [4.69, 9.17) is 4.74 Å². The Morgan fingerprint density at radius 1 is 1.53 bits per heavy atom. The van der Waals surface area contributed by atoms with Crippen LogP contribution >= 0.6 is 0 Å². The molecule has 0 radical (unpaired) electrons. The lowest BCUT2D eigenvalue weighted by molar-refractivity contribution is -0.154. The minimum Gasteiger partial charge on any atom is -0.460 e. The number of ether oxygens (including phenoxy) is 1. The molecule has 0 aromatic carbocycles. The fourth-order valence-corrected chi connectivity index (χ4v) is 1.75. The van der Waals surface area contributed by atoms with Gasteiger partial charge in [-0.3, -0.25) is 9.59 Å². The van der Waals surface area contributed by atoms with Gasteiger partial charge < -0.3 is 15.0 Å². The van der Waals surface area contributed by atoms with Crippen molar-refractivity contribution in [3.63, 3.8) is 0 Å². The molecule has 1 rings (SSSR count). The number of nitrogens with one attached hydrogen (secondary N) is 1. The first-order valence-electron chi connectivity index (χ1n) is 6.00. The summed E-state index contributed by atoms with van der Waals surface area (Å²) in [7, 11) is 1.79. The minimum absolute atomic E-state index is 0.106. The first kappa shape index (κ1) is 14.0. The molecular weight excluding hydrogens is 220 g/mol. The topological polar surface area (TPSA) is 58.6 Å². The van der Waals surface area contributed by atoms with Gasteiger partial charge in [0.05, 0.1) is 12.5 Å². The van der Waals surface area contributed by atoms with Crippen LogP contribution in [0.5, 0.6) is 0 Å². The Hall–Kier alpha value is -1.10.